The molecule has 16 heteroatoms. The Bertz CT molecular complexity index is 884. The smallest absolute Gasteiger partial charge is 0.322 e. The lowest BCUT2D eigenvalue weighted by atomic mass is 10.1. The van der Waals surface area contributed by atoms with Gasteiger partial charge in [-0.2, -0.15) is 0 Å². The second-order valence-corrected chi connectivity index (χ2v) is 7.24. The molecule has 0 spiro atoms. The first-order valence-electron chi connectivity index (χ1n) is 10.2. The van der Waals surface area contributed by atoms with Crippen molar-refractivity contribution in [3.63, 3.8) is 0 Å². The van der Waals surface area contributed by atoms with E-state index in [-0.39, 0.29) is 25.3 Å². The number of primary amides is 1. The minimum Gasteiger partial charge on any atom is -0.480 e. The first-order chi connectivity index (χ1) is 16.0. The number of hydrogen-bond donors (Lipinski definition) is 9. The maximum Gasteiger partial charge on any atom is 0.322 e. The zero-order valence-electron chi connectivity index (χ0n) is 18.3. The normalized spacial score (nSPS) is 13.1. The van der Waals surface area contributed by atoms with Gasteiger partial charge in [-0.3, -0.25) is 29.0 Å². The Hall–Kier alpha value is -4.21. The third kappa shape index (κ3) is 10.9. The van der Waals surface area contributed by atoms with Gasteiger partial charge in [0.05, 0.1) is 18.8 Å². The van der Waals surface area contributed by atoms with Crippen LogP contribution in [-0.4, -0.2) is 81.8 Å². The number of rotatable bonds is 15. The number of aliphatic imine (C=N–C) groups is 1. The fourth-order valence-electron chi connectivity index (χ4n) is 2.72. The lowest BCUT2D eigenvalue weighted by molar-refractivity contribution is -0.138. The molecule has 16 nitrogen and oxygen atoms in total. The van der Waals surface area contributed by atoms with Crippen molar-refractivity contribution in [1.82, 2.24) is 25.9 Å². The Labute approximate surface area is 194 Å². The number of nitrogens with zero attached hydrogens (tertiary/aromatic N) is 2. The fourth-order valence-corrected chi connectivity index (χ4v) is 2.72. The molecule has 1 heterocycles. The van der Waals surface area contributed by atoms with Crippen molar-refractivity contribution in [2.24, 2.45) is 27.9 Å². The number of guanidine groups is 1. The summed E-state index contributed by atoms with van der Waals surface area (Å²) in [7, 11) is 0. The topological polar surface area (TPSA) is 287 Å². The number of H-pyrrole nitrogens is 1. The molecule has 0 saturated heterocycles. The summed E-state index contributed by atoms with van der Waals surface area (Å²) >= 11 is 0. The SMILES string of the molecule is NC(=O)CC(NC(=O)C(Cc1cnc[nH]1)NC(=O)C(N)CCCN=C(N)N)C(=O)NCC(=O)O. The Morgan fingerprint density at radius 2 is 1.74 bits per heavy atom. The molecule has 4 amide bonds. The predicted molar refractivity (Wildman–Crippen MR) is 118 cm³/mol. The highest BCUT2D eigenvalue weighted by atomic mass is 16.4. The second kappa shape index (κ2) is 14.0. The summed E-state index contributed by atoms with van der Waals surface area (Å²) in [6.45, 7) is -0.464. The number of amides is 4. The molecule has 0 saturated carbocycles. The van der Waals surface area contributed by atoms with Crippen molar-refractivity contribution in [3.05, 3.63) is 18.2 Å². The highest BCUT2D eigenvalue weighted by Crippen LogP contribution is 2.03. The number of carboxylic acids is 1. The first-order valence-corrected chi connectivity index (χ1v) is 10.2. The Balaban J connectivity index is 2.89. The van der Waals surface area contributed by atoms with E-state index in [1.165, 1.54) is 12.5 Å². The number of carbonyl (C=O) groups excluding carboxylic acids is 4. The number of aliphatic carboxylic acids is 1. The zero-order chi connectivity index (χ0) is 25.7. The maximum absolute atomic E-state index is 12.9. The Morgan fingerprint density at radius 1 is 1.06 bits per heavy atom. The van der Waals surface area contributed by atoms with Crippen molar-refractivity contribution < 1.29 is 29.1 Å². The molecule has 1 rings (SSSR count). The van der Waals surface area contributed by atoms with Crippen LogP contribution in [-0.2, 0) is 30.4 Å². The van der Waals surface area contributed by atoms with Gasteiger partial charge in [0.15, 0.2) is 5.96 Å². The molecule has 3 unspecified atom stereocenters. The van der Waals surface area contributed by atoms with Crippen LogP contribution in [0.2, 0.25) is 0 Å². The quantitative estimate of drug-likeness (QED) is 0.0654. The number of aromatic nitrogens is 2. The van der Waals surface area contributed by atoms with Crippen LogP contribution in [0.25, 0.3) is 0 Å². The molecule has 34 heavy (non-hydrogen) atoms. The number of aromatic amines is 1. The maximum atomic E-state index is 12.9. The van der Waals surface area contributed by atoms with Crippen molar-refractivity contribution in [2.75, 3.05) is 13.1 Å². The van der Waals surface area contributed by atoms with Crippen molar-refractivity contribution in [3.8, 4) is 0 Å². The minimum absolute atomic E-state index is 0.0433. The standard InChI is InChI=1S/C18H30N10O6/c19-10(2-1-3-24-18(21)22)15(32)27-11(4-9-6-23-8-26-9)17(34)28-12(5-13(20)29)16(33)25-7-14(30)31/h6,8,10-12H,1-5,7,19H2,(H2,20,29)(H,23,26)(H,25,33)(H,27,32)(H,28,34)(H,30,31)(H4,21,22,24). The molecule has 3 atom stereocenters. The number of nitrogens with two attached hydrogens (primary N) is 4. The number of carbonyl (C=O) groups is 5. The summed E-state index contributed by atoms with van der Waals surface area (Å²) in [6, 6.07) is -3.65. The van der Waals surface area contributed by atoms with E-state index in [9.17, 15) is 24.0 Å². The van der Waals surface area contributed by atoms with E-state index >= 15 is 0 Å². The van der Waals surface area contributed by atoms with Gasteiger partial charge in [0.2, 0.25) is 23.6 Å². The average molecular weight is 483 g/mol. The van der Waals surface area contributed by atoms with E-state index in [1.807, 2.05) is 0 Å². The van der Waals surface area contributed by atoms with Crippen LogP contribution in [0.3, 0.4) is 0 Å². The molecular weight excluding hydrogens is 452 g/mol. The van der Waals surface area contributed by atoms with Crippen molar-refractivity contribution in [1.29, 1.82) is 0 Å². The zero-order valence-corrected chi connectivity index (χ0v) is 18.3. The molecule has 0 radical (unpaired) electrons. The summed E-state index contributed by atoms with van der Waals surface area (Å²) in [5.41, 5.74) is 22.0. The number of imidazole rings is 1. The molecule has 0 bridgehead atoms. The minimum atomic E-state index is -1.46. The fraction of sp³-hybridized carbons (Fsp3) is 0.500. The molecule has 0 aliphatic heterocycles. The molecule has 0 aliphatic carbocycles. The van der Waals surface area contributed by atoms with E-state index in [4.69, 9.17) is 28.0 Å². The Kier molecular flexibility index (Phi) is 11.5. The number of nitrogens with one attached hydrogen (secondary N) is 4. The second-order valence-electron chi connectivity index (χ2n) is 7.24. The van der Waals surface area contributed by atoms with Crippen molar-refractivity contribution >= 4 is 35.6 Å². The lowest BCUT2D eigenvalue weighted by Crippen LogP contribution is -2.57. The lowest BCUT2D eigenvalue weighted by Gasteiger charge is -2.23. The third-order valence-electron chi connectivity index (χ3n) is 4.37. The van der Waals surface area contributed by atoms with Crippen molar-refractivity contribution in [2.45, 2.75) is 43.8 Å². The van der Waals surface area contributed by atoms with Crippen LogP contribution in [0, 0.1) is 0 Å². The van der Waals surface area contributed by atoms with Crippen LogP contribution >= 0.6 is 0 Å². The highest BCUT2D eigenvalue weighted by molar-refractivity contribution is 5.95. The molecule has 1 aromatic rings. The largest absolute Gasteiger partial charge is 0.480 e. The average Bonchev–Trinajstić information content (AvgIpc) is 3.26. The summed E-state index contributed by atoms with van der Waals surface area (Å²) in [6.07, 6.45) is 2.81. The van der Waals surface area contributed by atoms with Gasteiger partial charge in [0.25, 0.3) is 0 Å². The third-order valence-corrected chi connectivity index (χ3v) is 4.37. The summed E-state index contributed by atoms with van der Waals surface area (Å²) in [5.74, 6) is -4.73. The van der Waals surface area contributed by atoms with E-state index in [1.54, 1.807) is 0 Å². The number of hydrogen-bond acceptors (Lipinski definition) is 8. The first kappa shape index (κ1) is 27.8. The van der Waals surface area contributed by atoms with Gasteiger partial charge in [-0.05, 0) is 12.8 Å². The molecule has 0 fully saturated rings. The predicted octanol–water partition coefficient (Wildman–Crippen LogP) is -4.62. The van der Waals surface area contributed by atoms with Crippen LogP contribution in [0.1, 0.15) is 25.0 Å². The van der Waals surface area contributed by atoms with Gasteiger partial charge in [-0.25, -0.2) is 4.98 Å². The highest BCUT2D eigenvalue weighted by Gasteiger charge is 2.29. The summed E-state index contributed by atoms with van der Waals surface area (Å²) < 4.78 is 0. The molecular formula is C18H30N10O6. The van der Waals surface area contributed by atoms with Crippen LogP contribution in [0.15, 0.2) is 17.5 Å². The van der Waals surface area contributed by atoms with Crippen LogP contribution in [0.4, 0.5) is 0 Å². The van der Waals surface area contributed by atoms with Crippen LogP contribution in [0.5, 0.6) is 0 Å². The summed E-state index contributed by atoms with van der Waals surface area (Å²) in [4.78, 5) is 70.1. The van der Waals surface area contributed by atoms with Gasteiger partial charge in [-0.1, -0.05) is 0 Å². The van der Waals surface area contributed by atoms with E-state index in [0.717, 1.165) is 0 Å². The van der Waals surface area contributed by atoms with E-state index in [0.29, 0.717) is 12.1 Å². The Morgan fingerprint density at radius 3 is 2.29 bits per heavy atom. The van der Waals surface area contributed by atoms with Gasteiger partial charge >= 0.3 is 5.97 Å². The van der Waals surface area contributed by atoms with Gasteiger partial charge in [-0.15, -0.1) is 0 Å². The molecule has 1 aromatic heterocycles. The van der Waals surface area contributed by atoms with E-state index in [2.05, 4.69) is 30.9 Å². The van der Waals surface area contributed by atoms with Gasteiger partial charge in [0.1, 0.15) is 18.6 Å². The number of carboxylic acid groups (broad SMARTS) is 1. The molecule has 0 aromatic carbocycles. The van der Waals surface area contributed by atoms with E-state index < -0.39 is 60.7 Å². The van der Waals surface area contributed by atoms with Gasteiger partial charge in [0, 0.05) is 24.9 Å². The van der Waals surface area contributed by atoms with Crippen LogP contribution < -0.4 is 38.9 Å². The molecule has 0 aliphatic rings. The molecule has 13 N–H and O–H groups in total. The van der Waals surface area contributed by atoms with Gasteiger partial charge < -0.3 is 49.0 Å². The monoisotopic (exact) mass is 482 g/mol. The summed E-state index contributed by atoms with van der Waals surface area (Å²) in [5, 5.41) is 15.6. The molecule has 188 valence electrons.